The van der Waals surface area contributed by atoms with Crippen molar-refractivity contribution in [2.45, 2.75) is 35.5 Å². The van der Waals surface area contributed by atoms with Crippen molar-refractivity contribution >= 4 is 34.5 Å². The second-order valence-corrected chi connectivity index (χ2v) is 7.59. The maximum Gasteiger partial charge on any atom is 0.338 e. The molecule has 5 atom stereocenters. The molecule has 6 nitrogen and oxygen atoms in total. The average molecular weight is 482 g/mol. The summed E-state index contributed by atoms with van der Waals surface area (Å²) in [6.45, 7) is 1.76. The van der Waals surface area contributed by atoms with Crippen LogP contribution in [0.25, 0.3) is 0 Å². The van der Waals surface area contributed by atoms with E-state index in [4.69, 9.17) is 14.2 Å². The molecule has 0 radical (unpaired) electrons. The first-order valence-corrected chi connectivity index (χ1v) is 9.71. The molecule has 1 aliphatic heterocycles. The molecule has 2 aromatic rings. The number of hydrogen-bond acceptors (Lipinski definition) is 6. The van der Waals surface area contributed by atoms with Crippen LogP contribution in [0.2, 0.25) is 0 Å². The highest BCUT2D eigenvalue weighted by Crippen LogP contribution is 2.31. The fraction of sp³-hybridized carbons (Fsp3) is 0.300. The minimum atomic E-state index is -1.40. The van der Waals surface area contributed by atoms with Crippen molar-refractivity contribution in [3.05, 3.63) is 71.8 Å². The highest BCUT2D eigenvalue weighted by atomic mass is 127. The van der Waals surface area contributed by atoms with E-state index in [1.165, 1.54) is 0 Å². The predicted octanol–water partition coefficient (Wildman–Crippen LogP) is 2.98. The Bertz CT molecular complexity index is 782. The van der Waals surface area contributed by atoms with Gasteiger partial charge in [0.05, 0.1) is 21.2 Å². The van der Waals surface area contributed by atoms with Gasteiger partial charge < -0.3 is 19.3 Å². The Morgan fingerprint density at radius 2 is 1.33 bits per heavy atom. The van der Waals surface area contributed by atoms with Crippen molar-refractivity contribution in [2.24, 2.45) is 0 Å². The van der Waals surface area contributed by atoms with Crippen LogP contribution in [0.4, 0.5) is 0 Å². The molecule has 0 unspecified atom stereocenters. The number of benzene rings is 2. The van der Waals surface area contributed by atoms with Crippen LogP contribution in [0.1, 0.15) is 27.6 Å². The van der Waals surface area contributed by atoms with Crippen LogP contribution in [0.15, 0.2) is 60.7 Å². The molecular weight excluding hydrogens is 463 g/mol. The number of aliphatic hydroxyl groups is 1. The van der Waals surface area contributed by atoms with Crippen molar-refractivity contribution in [1.29, 1.82) is 0 Å². The Labute approximate surface area is 170 Å². The summed E-state index contributed by atoms with van der Waals surface area (Å²) >= 11 is 2.08. The minimum Gasteiger partial charge on any atom is -0.453 e. The van der Waals surface area contributed by atoms with Crippen LogP contribution >= 0.6 is 22.6 Å². The molecule has 1 aliphatic rings. The summed E-state index contributed by atoms with van der Waals surface area (Å²) in [7, 11) is 0. The van der Waals surface area contributed by atoms with E-state index in [0.717, 1.165) is 0 Å². The summed E-state index contributed by atoms with van der Waals surface area (Å²) in [6, 6.07) is 16.9. The van der Waals surface area contributed by atoms with Crippen molar-refractivity contribution in [3.63, 3.8) is 0 Å². The lowest BCUT2D eigenvalue weighted by molar-refractivity contribution is -0.237. The molecule has 0 amide bonds. The van der Waals surface area contributed by atoms with E-state index >= 15 is 0 Å². The van der Waals surface area contributed by atoms with Crippen molar-refractivity contribution in [1.82, 2.24) is 0 Å². The predicted molar refractivity (Wildman–Crippen MR) is 106 cm³/mol. The van der Waals surface area contributed by atoms with E-state index in [2.05, 4.69) is 22.6 Å². The summed E-state index contributed by atoms with van der Waals surface area (Å²) in [5, 5.41) is 10.3. The number of carbonyl (C=O) groups is 2. The number of hydrogen-bond donors (Lipinski definition) is 1. The molecule has 0 spiro atoms. The lowest BCUT2D eigenvalue weighted by Crippen LogP contribution is -2.57. The highest BCUT2D eigenvalue weighted by molar-refractivity contribution is 14.1. The molecule has 1 N–H and O–H groups in total. The maximum atomic E-state index is 12.5. The number of ether oxygens (including phenoxy) is 3. The van der Waals surface area contributed by atoms with Gasteiger partial charge in [-0.05, 0) is 31.2 Å². The van der Waals surface area contributed by atoms with Crippen LogP contribution < -0.4 is 0 Å². The van der Waals surface area contributed by atoms with Crippen LogP contribution in [-0.4, -0.2) is 45.6 Å². The average Bonchev–Trinajstić information content (AvgIpc) is 2.69. The van der Waals surface area contributed by atoms with Gasteiger partial charge in [-0.3, -0.25) is 0 Å². The largest absolute Gasteiger partial charge is 0.453 e. The maximum absolute atomic E-state index is 12.5. The molecule has 2 aromatic carbocycles. The Kier molecular flexibility index (Phi) is 6.46. The van der Waals surface area contributed by atoms with Gasteiger partial charge in [-0.2, -0.15) is 0 Å². The molecule has 1 fully saturated rings. The molecular formula is C20H19IO6. The quantitative estimate of drug-likeness (QED) is 0.410. The number of rotatable bonds is 4. The molecule has 0 aliphatic carbocycles. The van der Waals surface area contributed by atoms with Gasteiger partial charge in [-0.1, -0.05) is 59.0 Å². The molecule has 142 valence electrons. The van der Waals surface area contributed by atoms with Gasteiger partial charge in [0.15, 0.2) is 18.5 Å². The normalized spacial score (nSPS) is 27.6. The third-order valence-electron chi connectivity index (χ3n) is 4.23. The van der Waals surface area contributed by atoms with Gasteiger partial charge in [0.25, 0.3) is 0 Å². The SMILES string of the molecule is C[C@@H]1O[C@H](O)[C@H](OC(=O)c2ccccc2)[C@@H](OC(=O)c2ccccc2)[C@@H]1I. The second-order valence-electron chi connectivity index (χ2n) is 6.15. The molecule has 0 bridgehead atoms. The van der Waals surface area contributed by atoms with E-state index < -0.39 is 30.4 Å². The first kappa shape index (κ1) is 19.8. The first-order valence-electron chi connectivity index (χ1n) is 8.47. The van der Waals surface area contributed by atoms with Gasteiger partial charge in [-0.15, -0.1) is 0 Å². The molecule has 0 aromatic heterocycles. The summed E-state index contributed by atoms with van der Waals surface area (Å²) in [6.07, 6.45) is -3.78. The van der Waals surface area contributed by atoms with E-state index in [1.807, 2.05) is 0 Å². The molecule has 7 heteroatoms. The van der Waals surface area contributed by atoms with Gasteiger partial charge in [0.2, 0.25) is 0 Å². The molecule has 1 saturated heterocycles. The summed E-state index contributed by atoms with van der Waals surface area (Å²) in [4.78, 5) is 24.9. The van der Waals surface area contributed by atoms with Gasteiger partial charge in [-0.25, -0.2) is 9.59 Å². The third-order valence-corrected chi connectivity index (χ3v) is 5.95. The van der Waals surface area contributed by atoms with E-state index in [1.54, 1.807) is 67.6 Å². The zero-order valence-electron chi connectivity index (χ0n) is 14.5. The molecule has 1 heterocycles. The van der Waals surface area contributed by atoms with E-state index in [9.17, 15) is 14.7 Å². The fourth-order valence-corrected chi connectivity index (χ4v) is 3.50. The van der Waals surface area contributed by atoms with Crippen LogP contribution in [0.3, 0.4) is 0 Å². The standard InChI is InChI=1S/C20H19IO6/c1-12-15(21)16(26-18(22)13-8-4-2-5-9-13)17(20(24)25-12)27-19(23)14-10-6-3-7-11-14/h2-12,15-17,20,24H,1H3/t12-,15+,16-,17+,20-/m0/s1. The lowest BCUT2D eigenvalue weighted by Gasteiger charge is -2.40. The lowest BCUT2D eigenvalue weighted by atomic mass is 10.0. The highest BCUT2D eigenvalue weighted by Gasteiger charge is 2.47. The van der Waals surface area contributed by atoms with E-state index in [-0.39, 0.29) is 10.0 Å². The summed E-state index contributed by atoms with van der Waals surface area (Å²) in [5.74, 6) is -1.17. The molecule has 0 saturated carbocycles. The smallest absolute Gasteiger partial charge is 0.338 e. The summed E-state index contributed by atoms with van der Waals surface area (Å²) in [5.41, 5.74) is 0.712. The molecule has 3 rings (SSSR count). The third kappa shape index (κ3) is 4.66. The number of carbonyl (C=O) groups excluding carboxylic acids is 2. The monoisotopic (exact) mass is 482 g/mol. The van der Waals surface area contributed by atoms with Crippen LogP contribution in [0.5, 0.6) is 0 Å². The number of alkyl halides is 1. The minimum absolute atomic E-state index is 0.313. The van der Waals surface area contributed by atoms with Crippen molar-refractivity contribution in [3.8, 4) is 0 Å². The van der Waals surface area contributed by atoms with Crippen molar-refractivity contribution in [2.75, 3.05) is 0 Å². The Balaban J connectivity index is 1.80. The Morgan fingerprint density at radius 1 is 0.889 bits per heavy atom. The zero-order chi connectivity index (χ0) is 19.4. The van der Waals surface area contributed by atoms with Gasteiger partial charge in [0, 0.05) is 0 Å². The Morgan fingerprint density at radius 3 is 1.81 bits per heavy atom. The van der Waals surface area contributed by atoms with Crippen molar-refractivity contribution < 1.29 is 28.9 Å². The zero-order valence-corrected chi connectivity index (χ0v) is 16.7. The van der Waals surface area contributed by atoms with Crippen LogP contribution in [-0.2, 0) is 14.2 Å². The number of esters is 2. The van der Waals surface area contributed by atoms with E-state index in [0.29, 0.717) is 11.1 Å². The van der Waals surface area contributed by atoms with Crippen LogP contribution in [0, 0.1) is 0 Å². The Hall–Kier alpha value is -1.97. The topological polar surface area (TPSA) is 82.1 Å². The number of halogens is 1. The fourth-order valence-electron chi connectivity index (χ4n) is 2.77. The van der Waals surface area contributed by atoms with Gasteiger partial charge >= 0.3 is 11.9 Å². The second kappa shape index (κ2) is 8.81. The first-order chi connectivity index (χ1) is 13.0. The number of aliphatic hydroxyl groups excluding tert-OH is 1. The summed E-state index contributed by atoms with van der Waals surface area (Å²) < 4.78 is 16.2. The van der Waals surface area contributed by atoms with Gasteiger partial charge in [0.1, 0.15) is 0 Å². The molecule has 27 heavy (non-hydrogen) atoms.